The number of aliphatic hydroxyl groups excluding tert-OH is 1. The molecule has 4 unspecified atom stereocenters. The molecule has 0 bridgehead atoms. The second-order valence-electron chi connectivity index (χ2n) is 2.63. The molecule has 0 spiro atoms. The van der Waals surface area contributed by atoms with E-state index in [4.69, 9.17) is 5.11 Å². The summed E-state index contributed by atoms with van der Waals surface area (Å²) in [5.41, 5.74) is 0. The predicted molar refractivity (Wildman–Crippen MR) is 64.8 cm³/mol. The van der Waals surface area contributed by atoms with E-state index in [9.17, 15) is 37.8 Å². The standard InChI is InChI=1S/C5H12O.4Na.2H4O5P2/c1-2-3-4-5-6;;;;;2*1-6(2)5-7(3)4/h6H,2-5H2,1H3;;;;;2*6-7H,(H,1,2)(H,3,4)/q;4*+1;;/p-4. The van der Waals surface area contributed by atoms with Crippen molar-refractivity contribution in [2.24, 2.45) is 0 Å². The van der Waals surface area contributed by atoms with Gasteiger partial charge in [0.05, 0.1) is 0 Å². The number of hydrogen-bond acceptors (Lipinski definition) is 11. The Morgan fingerprint density at radius 1 is 0.708 bits per heavy atom. The molecule has 1 N–H and O–H groups in total. The maximum absolute atomic E-state index is 9.29. The molecule has 126 valence electrons. The van der Waals surface area contributed by atoms with Crippen molar-refractivity contribution < 1.29 is 170 Å². The molecule has 0 aromatic heterocycles. The Morgan fingerprint density at radius 2 is 0.958 bits per heavy atom. The Hall–Kier alpha value is 4.64. The van der Waals surface area contributed by atoms with E-state index in [-0.39, 0.29) is 118 Å². The summed E-state index contributed by atoms with van der Waals surface area (Å²) in [5.74, 6) is 0. The van der Waals surface area contributed by atoms with E-state index in [1.807, 2.05) is 0 Å². The summed E-state index contributed by atoms with van der Waals surface area (Å²) in [6.07, 6.45) is 3.33. The van der Waals surface area contributed by atoms with E-state index in [0.717, 1.165) is 12.8 Å². The third kappa shape index (κ3) is 71.6. The van der Waals surface area contributed by atoms with Crippen LogP contribution in [0.4, 0.5) is 0 Å². The maximum atomic E-state index is 9.29. The van der Waals surface area contributed by atoms with Crippen molar-refractivity contribution in [1.82, 2.24) is 0 Å². The first-order valence-corrected chi connectivity index (χ1v) is 9.87. The third-order valence-electron chi connectivity index (χ3n) is 1.10. The average molecular weight is 468 g/mol. The zero-order chi connectivity index (χ0) is 16.6. The summed E-state index contributed by atoms with van der Waals surface area (Å²) >= 11 is 0. The van der Waals surface area contributed by atoms with Gasteiger partial charge in [-0.2, -0.15) is 0 Å². The van der Waals surface area contributed by atoms with Gasteiger partial charge in [0.25, 0.3) is 0 Å². The van der Waals surface area contributed by atoms with E-state index in [1.54, 1.807) is 0 Å². The van der Waals surface area contributed by atoms with Gasteiger partial charge in [0.1, 0.15) is 33.0 Å². The molecule has 0 aliphatic heterocycles. The van der Waals surface area contributed by atoms with Crippen molar-refractivity contribution in [1.29, 1.82) is 0 Å². The minimum absolute atomic E-state index is 0. The quantitative estimate of drug-likeness (QED) is 0.211. The van der Waals surface area contributed by atoms with Gasteiger partial charge in [-0.25, -0.2) is 0 Å². The van der Waals surface area contributed by atoms with Gasteiger partial charge in [-0.05, 0) is 6.42 Å². The van der Waals surface area contributed by atoms with E-state index in [0.29, 0.717) is 6.61 Å². The summed E-state index contributed by atoms with van der Waals surface area (Å²) < 4.78 is 43.6. The van der Waals surface area contributed by atoms with Crippen LogP contribution >= 0.6 is 33.0 Å². The van der Waals surface area contributed by atoms with Crippen molar-refractivity contribution in [3.05, 3.63) is 0 Å². The molecule has 4 atom stereocenters. The third-order valence-corrected chi connectivity index (χ3v) is 3.76. The Labute approximate surface area is 232 Å². The number of aliphatic hydroxyl groups is 1. The molecule has 0 heterocycles. The minimum atomic E-state index is -3.51. The van der Waals surface area contributed by atoms with Gasteiger partial charge < -0.3 is 42.9 Å². The van der Waals surface area contributed by atoms with Crippen LogP contribution in [-0.2, 0) is 26.9 Å². The molecule has 0 aliphatic rings. The largest absolute Gasteiger partial charge is 1.00 e. The molecule has 0 rings (SSSR count). The van der Waals surface area contributed by atoms with Crippen LogP contribution in [0.5, 0.6) is 0 Å². The first-order valence-electron chi connectivity index (χ1n) is 4.97. The molecule has 24 heavy (non-hydrogen) atoms. The zero-order valence-electron chi connectivity index (χ0n) is 14.4. The molecule has 0 radical (unpaired) electrons. The average Bonchev–Trinajstić information content (AvgIpc) is 2.24. The second kappa shape index (κ2) is 38.3. The van der Waals surface area contributed by atoms with Gasteiger partial charge in [0, 0.05) is 6.61 Å². The molecular weight excluding hydrogens is 452 g/mol. The first kappa shape index (κ1) is 46.7. The summed E-state index contributed by atoms with van der Waals surface area (Å²) in [5, 5.41) is 8.20. The molecule has 0 aromatic rings. The second-order valence-corrected chi connectivity index (χ2v) is 6.27. The summed E-state index contributed by atoms with van der Waals surface area (Å²) in [4.78, 5) is 37.1. The summed E-state index contributed by atoms with van der Waals surface area (Å²) in [6, 6.07) is 0. The smallest absolute Gasteiger partial charge is 0.781 e. The molecule has 11 nitrogen and oxygen atoms in total. The molecule has 0 aliphatic carbocycles. The van der Waals surface area contributed by atoms with Crippen LogP contribution in [0.1, 0.15) is 26.2 Å². The SMILES string of the molecule is CCCCCO.O=[PH]([O-])O[PH](=O)[O-].O=[PH]([O-])O[PH](=O)[O-].[Na+].[Na+].[Na+].[Na+]. The van der Waals surface area contributed by atoms with Gasteiger partial charge in [-0.1, -0.05) is 19.8 Å². The Kier molecular flexibility index (Phi) is 74.5. The van der Waals surface area contributed by atoms with E-state index in [2.05, 4.69) is 15.5 Å². The summed E-state index contributed by atoms with van der Waals surface area (Å²) in [6.45, 7) is 2.48. The Bertz CT molecular complexity index is 269. The van der Waals surface area contributed by atoms with Gasteiger partial charge in [-0.15, -0.1) is 0 Å². The maximum Gasteiger partial charge on any atom is 1.00 e. The Morgan fingerprint density at radius 3 is 1.00 bits per heavy atom. The number of hydrogen-bond donors (Lipinski definition) is 1. The van der Waals surface area contributed by atoms with Crippen LogP contribution in [0.2, 0.25) is 0 Å². The van der Waals surface area contributed by atoms with Crippen molar-refractivity contribution in [2.45, 2.75) is 26.2 Å². The van der Waals surface area contributed by atoms with Gasteiger partial charge in [0.2, 0.25) is 0 Å². The zero-order valence-corrected chi connectivity index (χ0v) is 26.4. The van der Waals surface area contributed by atoms with Gasteiger partial charge in [-0.3, -0.25) is 8.62 Å². The number of rotatable bonds is 7. The monoisotopic (exact) mass is 468 g/mol. The molecule has 0 fully saturated rings. The van der Waals surface area contributed by atoms with Crippen LogP contribution in [0.15, 0.2) is 0 Å². The van der Waals surface area contributed by atoms with Crippen LogP contribution in [-0.4, -0.2) is 11.7 Å². The fourth-order valence-corrected chi connectivity index (χ4v) is 1.59. The van der Waals surface area contributed by atoms with E-state index < -0.39 is 33.0 Å². The van der Waals surface area contributed by atoms with Crippen LogP contribution in [0, 0.1) is 0 Å². The van der Waals surface area contributed by atoms with E-state index >= 15 is 0 Å². The predicted octanol–water partition coefficient (Wildman–Crippen LogP) is -13.8. The minimum Gasteiger partial charge on any atom is -0.781 e. The van der Waals surface area contributed by atoms with Crippen molar-refractivity contribution in [2.75, 3.05) is 6.61 Å². The Balaban J connectivity index is -0.0000000334. The molecule has 0 aromatic carbocycles. The molecular formula is C5H16Na4O11P4. The van der Waals surface area contributed by atoms with Crippen molar-refractivity contribution in [3.8, 4) is 0 Å². The first-order chi connectivity index (χ1) is 9.17. The molecule has 0 amide bonds. The molecule has 0 saturated carbocycles. The normalized spacial score (nSPS) is 13.1. The molecule has 19 heteroatoms. The van der Waals surface area contributed by atoms with Crippen LogP contribution in [0.25, 0.3) is 0 Å². The summed E-state index contributed by atoms with van der Waals surface area (Å²) in [7, 11) is -14.1. The van der Waals surface area contributed by atoms with Gasteiger partial charge in [0.15, 0.2) is 0 Å². The molecule has 0 saturated heterocycles. The van der Waals surface area contributed by atoms with Crippen molar-refractivity contribution >= 4 is 33.0 Å². The number of unbranched alkanes of at least 4 members (excludes halogenated alkanes) is 2. The fraction of sp³-hybridized carbons (Fsp3) is 1.00. The van der Waals surface area contributed by atoms with E-state index in [1.165, 1.54) is 6.42 Å². The fourth-order valence-electron chi connectivity index (χ4n) is 0.498. The topological polar surface area (TPSA) is 199 Å². The van der Waals surface area contributed by atoms with Gasteiger partial charge >= 0.3 is 118 Å². The van der Waals surface area contributed by atoms with Crippen molar-refractivity contribution in [3.63, 3.8) is 0 Å². The van der Waals surface area contributed by atoms with Crippen LogP contribution < -0.4 is 138 Å². The van der Waals surface area contributed by atoms with Crippen LogP contribution in [0.3, 0.4) is 0 Å².